The minimum Gasteiger partial charge on any atom is -0.396 e. The van der Waals surface area contributed by atoms with Crippen LogP contribution in [0.3, 0.4) is 0 Å². The van der Waals surface area contributed by atoms with Gasteiger partial charge >= 0.3 is 0 Å². The van der Waals surface area contributed by atoms with Crippen molar-refractivity contribution in [1.29, 1.82) is 0 Å². The van der Waals surface area contributed by atoms with Gasteiger partial charge < -0.3 is 5.11 Å². The second-order valence-corrected chi connectivity index (χ2v) is 4.42. The topological polar surface area (TPSA) is 74.7 Å². The third kappa shape index (κ3) is 2.27. The van der Waals surface area contributed by atoms with Crippen LogP contribution in [0.25, 0.3) is 11.0 Å². The highest BCUT2D eigenvalue weighted by atomic mass is 32.2. The number of aliphatic hydroxyl groups excluding tert-OH is 1. The number of nitrogens with one attached hydrogen (secondary N) is 1. The minimum absolute atomic E-state index is 0.201. The summed E-state index contributed by atoms with van der Waals surface area (Å²) in [5.41, 5.74) is 0.754. The van der Waals surface area contributed by atoms with Crippen molar-refractivity contribution in [3.05, 3.63) is 12.5 Å². The van der Waals surface area contributed by atoms with Crippen LogP contribution in [0.5, 0.6) is 0 Å². The molecule has 0 unspecified atom stereocenters. The molecule has 1 atom stereocenters. The fourth-order valence-electron chi connectivity index (χ4n) is 1.13. The summed E-state index contributed by atoms with van der Waals surface area (Å²) < 4.78 is 0. The highest BCUT2D eigenvalue weighted by Gasteiger charge is 2.07. The van der Waals surface area contributed by atoms with Gasteiger partial charge in [-0.05, 0) is 5.92 Å². The summed E-state index contributed by atoms with van der Waals surface area (Å²) in [7, 11) is 0. The maximum atomic E-state index is 8.92. The van der Waals surface area contributed by atoms with E-state index in [1.165, 1.54) is 6.33 Å². The van der Waals surface area contributed by atoms with Crippen LogP contribution in [0.2, 0.25) is 0 Å². The van der Waals surface area contributed by atoms with Crippen molar-refractivity contribution in [2.75, 3.05) is 12.4 Å². The van der Waals surface area contributed by atoms with E-state index in [2.05, 4.69) is 20.2 Å². The van der Waals surface area contributed by atoms with E-state index in [0.29, 0.717) is 0 Å². The van der Waals surface area contributed by atoms with Crippen molar-refractivity contribution in [3.63, 3.8) is 0 Å². The molecule has 2 rings (SSSR count). The van der Waals surface area contributed by atoms with Crippen LogP contribution >= 0.6 is 11.8 Å². The van der Waals surface area contributed by atoms with Crippen LogP contribution in [-0.2, 0) is 0 Å². The van der Waals surface area contributed by atoms with E-state index in [1.54, 1.807) is 18.0 Å². The van der Waals surface area contributed by atoms with Gasteiger partial charge in [0.15, 0.2) is 5.65 Å². The molecule has 15 heavy (non-hydrogen) atoms. The maximum absolute atomic E-state index is 8.92. The Labute approximate surface area is 91.3 Å². The van der Waals surface area contributed by atoms with Crippen molar-refractivity contribution in [1.82, 2.24) is 20.2 Å². The van der Waals surface area contributed by atoms with Crippen LogP contribution in [0, 0.1) is 5.92 Å². The third-order valence-electron chi connectivity index (χ3n) is 2.03. The van der Waals surface area contributed by atoms with E-state index in [9.17, 15) is 0 Å². The average Bonchev–Trinajstić information content (AvgIpc) is 2.74. The van der Waals surface area contributed by atoms with Gasteiger partial charge in [0.05, 0.1) is 11.6 Å². The zero-order valence-electron chi connectivity index (χ0n) is 8.34. The molecule has 2 aromatic heterocycles. The maximum Gasteiger partial charge on any atom is 0.159 e. The van der Waals surface area contributed by atoms with Gasteiger partial charge in [-0.25, -0.2) is 9.97 Å². The molecule has 0 radical (unpaired) electrons. The number of thioether (sulfide) groups is 1. The van der Waals surface area contributed by atoms with E-state index in [1.807, 2.05) is 6.92 Å². The number of aromatic nitrogens is 4. The SMILES string of the molecule is C[C@@H](CO)CSc1ncnc2[nH]ncc12. The fourth-order valence-corrected chi connectivity index (χ4v) is 2.11. The summed E-state index contributed by atoms with van der Waals surface area (Å²) in [6.45, 7) is 2.20. The molecule has 0 amide bonds. The molecule has 0 bridgehead atoms. The molecular formula is C9H12N4OS. The van der Waals surface area contributed by atoms with E-state index in [4.69, 9.17) is 5.11 Å². The second kappa shape index (κ2) is 4.59. The zero-order chi connectivity index (χ0) is 10.7. The molecule has 2 aromatic rings. The Kier molecular flexibility index (Phi) is 3.17. The Hall–Kier alpha value is -1.14. The normalized spacial score (nSPS) is 13.2. The largest absolute Gasteiger partial charge is 0.396 e. The number of aliphatic hydroxyl groups is 1. The highest BCUT2D eigenvalue weighted by Crippen LogP contribution is 2.24. The lowest BCUT2D eigenvalue weighted by Crippen LogP contribution is -2.03. The van der Waals surface area contributed by atoms with Crippen LogP contribution in [0.15, 0.2) is 17.6 Å². The van der Waals surface area contributed by atoms with Gasteiger partial charge in [0.25, 0.3) is 0 Å². The Morgan fingerprint density at radius 3 is 3.20 bits per heavy atom. The first-order valence-electron chi connectivity index (χ1n) is 4.69. The van der Waals surface area contributed by atoms with Crippen LogP contribution < -0.4 is 0 Å². The van der Waals surface area contributed by atoms with Crippen LogP contribution in [-0.4, -0.2) is 37.6 Å². The first-order chi connectivity index (χ1) is 7.31. The molecule has 0 saturated carbocycles. The van der Waals surface area contributed by atoms with Gasteiger partial charge in [-0.15, -0.1) is 11.8 Å². The lowest BCUT2D eigenvalue weighted by molar-refractivity contribution is 0.250. The lowest BCUT2D eigenvalue weighted by Gasteiger charge is -2.06. The molecule has 0 aliphatic heterocycles. The van der Waals surface area contributed by atoms with Gasteiger partial charge in [-0.2, -0.15) is 5.10 Å². The van der Waals surface area contributed by atoms with Crippen molar-refractivity contribution in [2.45, 2.75) is 11.9 Å². The predicted molar refractivity (Wildman–Crippen MR) is 58.7 cm³/mol. The summed E-state index contributed by atoms with van der Waals surface area (Å²) in [6.07, 6.45) is 3.24. The molecule has 0 aliphatic carbocycles. The number of H-pyrrole nitrogens is 1. The first kappa shape index (κ1) is 10.4. The molecule has 6 heteroatoms. The lowest BCUT2D eigenvalue weighted by atomic mass is 10.2. The summed E-state index contributed by atoms with van der Waals surface area (Å²) in [6, 6.07) is 0. The third-order valence-corrected chi connectivity index (χ3v) is 3.36. The molecule has 0 spiro atoms. The summed E-state index contributed by atoms with van der Waals surface area (Å²) in [5, 5.41) is 17.5. The Bertz CT molecular complexity index is 444. The fraction of sp³-hybridized carbons (Fsp3) is 0.444. The van der Waals surface area contributed by atoms with Crippen molar-refractivity contribution in [3.8, 4) is 0 Å². The van der Waals surface area contributed by atoms with Gasteiger partial charge in [-0.3, -0.25) is 5.10 Å². The molecule has 2 heterocycles. The monoisotopic (exact) mass is 224 g/mol. The summed E-state index contributed by atoms with van der Waals surface area (Å²) in [4.78, 5) is 8.25. The molecular weight excluding hydrogens is 212 g/mol. The number of rotatable bonds is 4. The van der Waals surface area contributed by atoms with E-state index in [-0.39, 0.29) is 12.5 Å². The minimum atomic E-state index is 0.201. The number of hydrogen-bond donors (Lipinski definition) is 2. The molecule has 0 fully saturated rings. The van der Waals surface area contributed by atoms with E-state index >= 15 is 0 Å². The Morgan fingerprint density at radius 1 is 1.53 bits per heavy atom. The van der Waals surface area contributed by atoms with E-state index < -0.39 is 0 Å². The molecule has 0 aliphatic rings. The number of hydrogen-bond acceptors (Lipinski definition) is 5. The summed E-state index contributed by atoms with van der Waals surface area (Å²) in [5.74, 6) is 1.11. The number of nitrogens with zero attached hydrogens (tertiary/aromatic N) is 3. The number of aromatic amines is 1. The highest BCUT2D eigenvalue weighted by molar-refractivity contribution is 7.99. The van der Waals surface area contributed by atoms with E-state index in [0.717, 1.165) is 21.8 Å². The van der Waals surface area contributed by atoms with Crippen molar-refractivity contribution < 1.29 is 5.11 Å². The molecule has 2 N–H and O–H groups in total. The van der Waals surface area contributed by atoms with Crippen LogP contribution in [0.4, 0.5) is 0 Å². The number of fused-ring (bicyclic) bond motifs is 1. The Morgan fingerprint density at radius 2 is 2.40 bits per heavy atom. The first-order valence-corrected chi connectivity index (χ1v) is 5.67. The van der Waals surface area contributed by atoms with Crippen molar-refractivity contribution >= 4 is 22.8 Å². The average molecular weight is 224 g/mol. The van der Waals surface area contributed by atoms with Gasteiger partial charge in [0.2, 0.25) is 0 Å². The van der Waals surface area contributed by atoms with Gasteiger partial charge in [0.1, 0.15) is 11.4 Å². The second-order valence-electron chi connectivity index (χ2n) is 3.41. The quantitative estimate of drug-likeness (QED) is 0.600. The molecule has 80 valence electrons. The molecule has 0 saturated heterocycles. The molecule has 0 aromatic carbocycles. The smallest absolute Gasteiger partial charge is 0.159 e. The van der Waals surface area contributed by atoms with Crippen LogP contribution in [0.1, 0.15) is 6.92 Å². The predicted octanol–water partition coefficient (Wildman–Crippen LogP) is 1.07. The summed E-state index contributed by atoms with van der Waals surface area (Å²) >= 11 is 1.62. The van der Waals surface area contributed by atoms with Crippen molar-refractivity contribution in [2.24, 2.45) is 5.92 Å². The van der Waals surface area contributed by atoms with Gasteiger partial charge in [-0.1, -0.05) is 6.92 Å². The molecule has 5 nitrogen and oxygen atoms in total. The standard InChI is InChI=1S/C9H12N4OS/c1-6(3-14)4-15-9-7-2-12-13-8(7)10-5-11-9/h2,5-6,14H,3-4H2,1H3,(H,10,11,12,13)/t6-/m0/s1. The van der Waals surface area contributed by atoms with Gasteiger partial charge in [0, 0.05) is 12.4 Å². The zero-order valence-corrected chi connectivity index (χ0v) is 9.16. The Balaban J connectivity index is 2.17.